The van der Waals surface area contributed by atoms with Crippen LogP contribution in [0.15, 0.2) is 39.2 Å². The summed E-state index contributed by atoms with van der Waals surface area (Å²) in [7, 11) is 0. The molecule has 0 bridgehead atoms. The van der Waals surface area contributed by atoms with Gasteiger partial charge in [0, 0.05) is 31.8 Å². The second kappa shape index (κ2) is 6.36. The minimum atomic E-state index is -0.324. The number of benzene rings is 1. The zero-order valence-electron chi connectivity index (χ0n) is 13.3. The van der Waals surface area contributed by atoms with Crippen molar-refractivity contribution in [2.75, 3.05) is 5.32 Å². The summed E-state index contributed by atoms with van der Waals surface area (Å²) >= 11 is 6.19. The number of thiophene rings is 1. The second-order valence-corrected chi connectivity index (χ2v) is 8.44. The minimum absolute atomic E-state index is 0.289. The molecule has 4 aromatic rings. The van der Waals surface area contributed by atoms with E-state index in [9.17, 15) is 4.79 Å². The number of carbonyl (C=O) groups is 1. The molecule has 3 aromatic heterocycles. The fourth-order valence-corrected chi connectivity index (χ4v) is 4.28. The number of aryl methyl sites for hydroxylation is 2. The van der Waals surface area contributed by atoms with E-state index < -0.39 is 0 Å². The molecule has 1 N–H and O–H groups in total. The normalized spacial score (nSPS) is 11.2. The van der Waals surface area contributed by atoms with Crippen molar-refractivity contribution in [3.63, 3.8) is 0 Å². The molecule has 126 valence electrons. The maximum atomic E-state index is 12.6. The molecule has 3 heterocycles. The number of amides is 1. The predicted octanol–water partition coefficient (Wildman–Crippen LogP) is 5.64. The van der Waals surface area contributed by atoms with Gasteiger partial charge in [-0.3, -0.25) is 10.1 Å². The standard InChI is InChI=1S/C17H12BrN3O2S2/c1-8-3-6-13(24-8)15-19-17(25-21-15)20-16(22)14-9(2)11-5-4-10(18)7-12(11)23-14/h3-7H,1-2H3,(H,19,20,21,22). The lowest BCUT2D eigenvalue weighted by molar-refractivity contribution is 0.0998. The highest BCUT2D eigenvalue weighted by Crippen LogP contribution is 2.30. The van der Waals surface area contributed by atoms with Gasteiger partial charge >= 0.3 is 0 Å². The van der Waals surface area contributed by atoms with Crippen molar-refractivity contribution in [2.24, 2.45) is 0 Å². The molecule has 25 heavy (non-hydrogen) atoms. The Balaban J connectivity index is 1.60. The van der Waals surface area contributed by atoms with Gasteiger partial charge in [0.25, 0.3) is 5.91 Å². The summed E-state index contributed by atoms with van der Waals surface area (Å²) in [4.78, 5) is 19.1. The lowest BCUT2D eigenvalue weighted by Gasteiger charge is -1.98. The number of halogens is 1. The maximum absolute atomic E-state index is 12.6. The summed E-state index contributed by atoms with van der Waals surface area (Å²) in [5.74, 6) is 0.593. The van der Waals surface area contributed by atoms with Crippen LogP contribution in [-0.2, 0) is 0 Å². The smallest absolute Gasteiger partial charge is 0.293 e. The first kappa shape index (κ1) is 16.4. The minimum Gasteiger partial charge on any atom is -0.451 e. The fraction of sp³-hybridized carbons (Fsp3) is 0.118. The number of fused-ring (bicyclic) bond motifs is 1. The summed E-state index contributed by atoms with van der Waals surface area (Å²) in [6, 6.07) is 9.70. The van der Waals surface area contributed by atoms with Crippen molar-refractivity contribution < 1.29 is 9.21 Å². The third kappa shape index (κ3) is 3.12. The number of anilines is 1. The van der Waals surface area contributed by atoms with Gasteiger partial charge < -0.3 is 4.42 Å². The van der Waals surface area contributed by atoms with Gasteiger partial charge in [-0.1, -0.05) is 15.9 Å². The number of hydrogen-bond acceptors (Lipinski definition) is 6. The van der Waals surface area contributed by atoms with E-state index in [4.69, 9.17) is 4.42 Å². The van der Waals surface area contributed by atoms with Crippen LogP contribution < -0.4 is 5.32 Å². The summed E-state index contributed by atoms with van der Waals surface area (Å²) in [6.45, 7) is 3.90. The first-order valence-electron chi connectivity index (χ1n) is 7.42. The molecular formula is C17H12BrN3O2S2. The van der Waals surface area contributed by atoms with E-state index in [-0.39, 0.29) is 11.7 Å². The molecule has 0 atom stereocenters. The zero-order chi connectivity index (χ0) is 17.6. The van der Waals surface area contributed by atoms with E-state index >= 15 is 0 Å². The van der Waals surface area contributed by atoms with E-state index in [1.54, 1.807) is 11.3 Å². The Bertz CT molecular complexity index is 1100. The Morgan fingerprint density at radius 2 is 2.08 bits per heavy atom. The third-order valence-corrected chi connectivity index (χ3v) is 5.83. The summed E-state index contributed by atoms with van der Waals surface area (Å²) in [5.41, 5.74) is 1.47. The molecule has 1 amide bonds. The monoisotopic (exact) mass is 433 g/mol. The van der Waals surface area contributed by atoms with Crippen LogP contribution in [-0.4, -0.2) is 15.3 Å². The second-order valence-electron chi connectivity index (χ2n) is 5.48. The SMILES string of the molecule is Cc1ccc(-c2nsc(NC(=O)c3oc4cc(Br)ccc4c3C)n2)s1. The van der Waals surface area contributed by atoms with Crippen molar-refractivity contribution in [1.29, 1.82) is 0 Å². The zero-order valence-corrected chi connectivity index (χ0v) is 16.5. The number of aromatic nitrogens is 2. The van der Waals surface area contributed by atoms with E-state index in [1.165, 1.54) is 4.88 Å². The summed E-state index contributed by atoms with van der Waals surface area (Å²) in [5, 5.41) is 4.14. The van der Waals surface area contributed by atoms with E-state index in [0.717, 1.165) is 31.8 Å². The highest BCUT2D eigenvalue weighted by atomic mass is 79.9. The van der Waals surface area contributed by atoms with Crippen molar-refractivity contribution in [1.82, 2.24) is 9.36 Å². The van der Waals surface area contributed by atoms with Crippen LogP contribution in [0.2, 0.25) is 0 Å². The lowest BCUT2D eigenvalue weighted by Crippen LogP contribution is -2.11. The van der Waals surface area contributed by atoms with Crippen molar-refractivity contribution >= 4 is 60.8 Å². The molecule has 0 fully saturated rings. The molecule has 0 spiro atoms. The maximum Gasteiger partial charge on any atom is 0.293 e. The Hall–Kier alpha value is -2.03. The molecule has 0 saturated carbocycles. The van der Waals surface area contributed by atoms with Crippen LogP contribution in [0, 0.1) is 13.8 Å². The van der Waals surface area contributed by atoms with Crippen LogP contribution in [0.1, 0.15) is 21.0 Å². The topological polar surface area (TPSA) is 68.0 Å². The van der Waals surface area contributed by atoms with Gasteiger partial charge in [0.15, 0.2) is 11.6 Å². The van der Waals surface area contributed by atoms with Crippen LogP contribution in [0.4, 0.5) is 5.13 Å². The molecule has 0 aliphatic rings. The van der Waals surface area contributed by atoms with Crippen LogP contribution in [0.3, 0.4) is 0 Å². The largest absolute Gasteiger partial charge is 0.451 e. The molecule has 0 aliphatic heterocycles. The van der Waals surface area contributed by atoms with Gasteiger partial charge in [-0.25, -0.2) is 0 Å². The van der Waals surface area contributed by atoms with Crippen molar-refractivity contribution in [3.05, 3.63) is 51.0 Å². The molecule has 0 radical (unpaired) electrons. The Labute approximate surface area is 160 Å². The van der Waals surface area contributed by atoms with Gasteiger partial charge in [-0.15, -0.1) is 11.3 Å². The van der Waals surface area contributed by atoms with Gasteiger partial charge in [0.05, 0.1) is 4.88 Å². The lowest BCUT2D eigenvalue weighted by atomic mass is 10.1. The number of nitrogens with zero attached hydrogens (tertiary/aromatic N) is 2. The number of furan rings is 1. The van der Waals surface area contributed by atoms with Gasteiger partial charge in [0.1, 0.15) is 5.58 Å². The average molecular weight is 434 g/mol. The van der Waals surface area contributed by atoms with Gasteiger partial charge in [0.2, 0.25) is 5.13 Å². The van der Waals surface area contributed by atoms with E-state index in [1.807, 2.05) is 44.2 Å². The molecule has 8 heteroatoms. The first-order valence-corrected chi connectivity index (χ1v) is 9.80. The molecule has 5 nitrogen and oxygen atoms in total. The molecule has 1 aromatic carbocycles. The average Bonchev–Trinajstić information content (AvgIpc) is 3.27. The molecule has 0 aliphatic carbocycles. The molecule has 0 unspecified atom stereocenters. The van der Waals surface area contributed by atoms with Gasteiger partial charge in [-0.2, -0.15) is 9.36 Å². The predicted molar refractivity (Wildman–Crippen MR) is 105 cm³/mol. The Kier molecular flexibility index (Phi) is 4.18. The summed E-state index contributed by atoms with van der Waals surface area (Å²) < 4.78 is 10.9. The Morgan fingerprint density at radius 1 is 1.24 bits per heavy atom. The quantitative estimate of drug-likeness (QED) is 0.453. The third-order valence-electron chi connectivity index (χ3n) is 3.71. The fourth-order valence-electron chi connectivity index (χ4n) is 2.50. The highest BCUT2D eigenvalue weighted by Gasteiger charge is 2.19. The van der Waals surface area contributed by atoms with Crippen molar-refractivity contribution in [3.8, 4) is 10.7 Å². The number of carbonyl (C=O) groups excluding carboxylic acids is 1. The highest BCUT2D eigenvalue weighted by molar-refractivity contribution is 9.10. The molecular weight excluding hydrogens is 422 g/mol. The molecule has 0 saturated heterocycles. The van der Waals surface area contributed by atoms with Crippen LogP contribution in [0.5, 0.6) is 0 Å². The van der Waals surface area contributed by atoms with Crippen LogP contribution in [0.25, 0.3) is 21.7 Å². The molecule has 4 rings (SSSR count). The van der Waals surface area contributed by atoms with Crippen molar-refractivity contribution in [2.45, 2.75) is 13.8 Å². The van der Waals surface area contributed by atoms with E-state index in [0.29, 0.717) is 16.5 Å². The number of nitrogens with one attached hydrogen (secondary N) is 1. The van der Waals surface area contributed by atoms with Gasteiger partial charge in [-0.05, 0) is 44.2 Å². The first-order chi connectivity index (χ1) is 12.0. The number of rotatable bonds is 3. The van der Waals surface area contributed by atoms with Crippen LogP contribution >= 0.6 is 38.8 Å². The summed E-state index contributed by atoms with van der Waals surface area (Å²) in [6.07, 6.45) is 0. The number of hydrogen-bond donors (Lipinski definition) is 1. The Morgan fingerprint density at radius 3 is 2.84 bits per heavy atom. The van der Waals surface area contributed by atoms with E-state index in [2.05, 4.69) is 30.6 Å².